The zero-order chi connectivity index (χ0) is 8.43. The summed E-state index contributed by atoms with van der Waals surface area (Å²) in [6.45, 7) is 0. The summed E-state index contributed by atoms with van der Waals surface area (Å²) in [6.07, 6.45) is 0. The molecule has 1 aromatic rings. The molecule has 0 heterocycles. The van der Waals surface area contributed by atoms with Crippen molar-refractivity contribution in [1.29, 1.82) is 0 Å². The summed E-state index contributed by atoms with van der Waals surface area (Å²) < 4.78 is 25.0. The van der Waals surface area contributed by atoms with Crippen LogP contribution in [0, 0.1) is 11.6 Å². The SMILES string of the molecule is Fc1ccc(F)c(C(Br)Br)c1. The van der Waals surface area contributed by atoms with Gasteiger partial charge in [0.2, 0.25) is 0 Å². The second kappa shape index (κ2) is 3.63. The van der Waals surface area contributed by atoms with Gasteiger partial charge in [0, 0.05) is 5.56 Å². The number of halogens is 4. The minimum absolute atomic E-state index is 0.269. The third kappa shape index (κ3) is 2.24. The Labute approximate surface area is 79.9 Å². The average Bonchev–Trinajstić information content (AvgIpc) is 1.94. The Morgan fingerprint density at radius 1 is 1.18 bits per heavy atom. The molecule has 1 rings (SSSR count). The lowest BCUT2D eigenvalue weighted by Crippen LogP contribution is -1.88. The molecule has 0 radical (unpaired) electrons. The molecule has 0 spiro atoms. The van der Waals surface area contributed by atoms with Crippen LogP contribution in [0.15, 0.2) is 18.2 Å². The Hall–Kier alpha value is 0.0400. The lowest BCUT2D eigenvalue weighted by Gasteiger charge is -2.02. The van der Waals surface area contributed by atoms with Crippen LogP contribution in [0.2, 0.25) is 0 Å². The summed E-state index contributed by atoms with van der Waals surface area (Å²) >= 11 is 6.15. The van der Waals surface area contributed by atoms with E-state index >= 15 is 0 Å². The van der Waals surface area contributed by atoms with Crippen LogP contribution < -0.4 is 0 Å². The van der Waals surface area contributed by atoms with E-state index in [1.165, 1.54) is 0 Å². The van der Waals surface area contributed by atoms with Gasteiger partial charge in [-0.25, -0.2) is 8.78 Å². The van der Waals surface area contributed by atoms with Gasteiger partial charge in [0.1, 0.15) is 11.6 Å². The topological polar surface area (TPSA) is 0 Å². The monoisotopic (exact) mass is 284 g/mol. The molecule has 1 aromatic carbocycles. The fourth-order valence-electron chi connectivity index (χ4n) is 0.682. The van der Waals surface area contributed by atoms with Crippen molar-refractivity contribution < 1.29 is 8.78 Å². The molecule has 0 unspecified atom stereocenters. The van der Waals surface area contributed by atoms with Crippen LogP contribution in [0.3, 0.4) is 0 Å². The van der Waals surface area contributed by atoms with Gasteiger partial charge in [-0.1, -0.05) is 31.9 Å². The molecule has 0 nitrogen and oxygen atoms in total. The van der Waals surface area contributed by atoms with E-state index in [-0.39, 0.29) is 9.30 Å². The van der Waals surface area contributed by atoms with Crippen molar-refractivity contribution in [3.63, 3.8) is 0 Å². The smallest absolute Gasteiger partial charge is 0.128 e. The van der Waals surface area contributed by atoms with Gasteiger partial charge in [-0.15, -0.1) is 0 Å². The molecule has 0 fully saturated rings. The van der Waals surface area contributed by atoms with E-state index in [9.17, 15) is 8.78 Å². The molecule has 11 heavy (non-hydrogen) atoms. The zero-order valence-corrected chi connectivity index (χ0v) is 8.49. The minimum atomic E-state index is -0.440. The van der Waals surface area contributed by atoms with Crippen LogP contribution in [0.1, 0.15) is 9.30 Å². The van der Waals surface area contributed by atoms with Crippen molar-refractivity contribution in [2.45, 2.75) is 3.74 Å². The van der Waals surface area contributed by atoms with Crippen molar-refractivity contribution in [2.24, 2.45) is 0 Å². The van der Waals surface area contributed by atoms with Crippen LogP contribution >= 0.6 is 31.9 Å². The molecule has 0 aliphatic rings. The molecule has 0 aliphatic heterocycles. The molecule has 0 aromatic heterocycles. The van der Waals surface area contributed by atoms with E-state index in [0.29, 0.717) is 0 Å². The number of hydrogen-bond donors (Lipinski definition) is 0. The first-order valence-electron chi connectivity index (χ1n) is 2.84. The summed E-state index contributed by atoms with van der Waals surface area (Å²) in [5.41, 5.74) is 0.269. The summed E-state index contributed by atoms with van der Waals surface area (Å²) in [5.74, 6) is -0.865. The first-order valence-corrected chi connectivity index (χ1v) is 4.67. The molecule has 60 valence electrons. The lowest BCUT2D eigenvalue weighted by atomic mass is 10.2. The third-order valence-electron chi connectivity index (χ3n) is 1.19. The molecule has 0 amide bonds. The van der Waals surface area contributed by atoms with Crippen LogP contribution in [-0.2, 0) is 0 Å². The predicted molar refractivity (Wildman–Crippen MR) is 47.0 cm³/mol. The zero-order valence-electron chi connectivity index (χ0n) is 5.32. The Morgan fingerprint density at radius 2 is 1.82 bits per heavy atom. The fourth-order valence-corrected chi connectivity index (χ4v) is 1.38. The van der Waals surface area contributed by atoms with Crippen molar-refractivity contribution in [1.82, 2.24) is 0 Å². The van der Waals surface area contributed by atoms with Gasteiger partial charge in [0.25, 0.3) is 0 Å². The molecule has 0 saturated carbocycles. The van der Waals surface area contributed by atoms with Crippen molar-refractivity contribution >= 4 is 31.9 Å². The van der Waals surface area contributed by atoms with Gasteiger partial charge in [-0.2, -0.15) is 0 Å². The molecule has 4 heteroatoms. The van der Waals surface area contributed by atoms with Gasteiger partial charge in [-0.3, -0.25) is 0 Å². The van der Waals surface area contributed by atoms with Crippen LogP contribution in [0.25, 0.3) is 0 Å². The standard InChI is InChI=1S/C7H4Br2F2/c8-7(9)5-3-4(10)1-2-6(5)11/h1-3,7H. The van der Waals surface area contributed by atoms with E-state index in [2.05, 4.69) is 31.9 Å². The van der Waals surface area contributed by atoms with Gasteiger partial charge in [-0.05, 0) is 18.2 Å². The van der Waals surface area contributed by atoms with Gasteiger partial charge >= 0.3 is 0 Å². The normalized spacial score (nSPS) is 10.6. The van der Waals surface area contributed by atoms with Crippen molar-refractivity contribution in [3.8, 4) is 0 Å². The minimum Gasteiger partial charge on any atom is -0.207 e. The van der Waals surface area contributed by atoms with E-state index in [1.54, 1.807) is 0 Å². The van der Waals surface area contributed by atoms with Crippen LogP contribution in [0.5, 0.6) is 0 Å². The largest absolute Gasteiger partial charge is 0.207 e. The molecule has 0 N–H and O–H groups in total. The van der Waals surface area contributed by atoms with E-state index < -0.39 is 11.6 Å². The quantitative estimate of drug-likeness (QED) is 0.690. The Bertz CT molecular complexity index is 261. The number of benzene rings is 1. The first-order chi connectivity index (χ1) is 5.11. The fraction of sp³-hybridized carbons (Fsp3) is 0.143. The molecular formula is C7H4Br2F2. The molecule has 0 aliphatic carbocycles. The van der Waals surface area contributed by atoms with Crippen LogP contribution in [0.4, 0.5) is 8.78 Å². The second-order valence-corrected chi connectivity index (χ2v) is 5.03. The summed E-state index contributed by atoms with van der Waals surface area (Å²) in [6, 6.07) is 3.32. The molecule has 0 bridgehead atoms. The van der Waals surface area contributed by atoms with E-state index in [4.69, 9.17) is 0 Å². The van der Waals surface area contributed by atoms with Crippen molar-refractivity contribution in [2.75, 3.05) is 0 Å². The van der Waals surface area contributed by atoms with E-state index in [1.807, 2.05) is 0 Å². The average molecular weight is 286 g/mol. The Morgan fingerprint density at radius 3 is 2.27 bits per heavy atom. The predicted octanol–water partition coefficient (Wildman–Crippen LogP) is 3.75. The number of rotatable bonds is 1. The molecule has 0 atom stereocenters. The maximum Gasteiger partial charge on any atom is 0.128 e. The summed E-state index contributed by atoms with van der Waals surface area (Å²) in [7, 11) is 0. The van der Waals surface area contributed by atoms with Gasteiger partial charge in [0.15, 0.2) is 0 Å². The molecule has 0 saturated heterocycles. The highest BCUT2D eigenvalue weighted by Crippen LogP contribution is 2.31. The van der Waals surface area contributed by atoms with Gasteiger partial charge in [0.05, 0.1) is 3.74 Å². The lowest BCUT2D eigenvalue weighted by molar-refractivity contribution is 0.591. The molecular weight excluding hydrogens is 282 g/mol. The second-order valence-electron chi connectivity index (χ2n) is 1.97. The van der Waals surface area contributed by atoms with Crippen molar-refractivity contribution in [3.05, 3.63) is 35.4 Å². The first kappa shape index (κ1) is 9.13. The highest BCUT2D eigenvalue weighted by molar-refractivity contribution is 9.24. The Balaban J connectivity index is 3.13. The van der Waals surface area contributed by atoms with Gasteiger partial charge < -0.3 is 0 Å². The number of hydrogen-bond acceptors (Lipinski definition) is 0. The highest BCUT2D eigenvalue weighted by Gasteiger charge is 2.09. The Kier molecular flexibility index (Phi) is 3.01. The number of alkyl halides is 2. The van der Waals surface area contributed by atoms with E-state index in [0.717, 1.165) is 18.2 Å². The van der Waals surface area contributed by atoms with Crippen LogP contribution in [-0.4, -0.2) is 0 Å². The highest BCUT2D eigenvalue weighted by atomic mass is 79.9. The summed E-state index contributed by atoms with van der Waals surface area (Å²) in [4.78, 5) is 0. The maximum atomic E-state index is 12.8. The summed E-state index contributed by atoms with van der Waals surface area (Å²) in [5, 5.41) is 0. The third-order valence-corrected chi connectivity index (χ3v) is 2.18. The maximum absolute atomic E-state index is 12.8.